The van der Waals surface area contributed by atoms with E-state index in [2.05, 4.69) is 15.3 Å². The first-order valence-electron chi connectivity index (χ1n) is 8.18. The second-order valence-electron chi connectivity index (χ2n) is 5.67. The molecule has 2 N–H and O–H groups in total. The number of aromatic amines is 1. The van der Waals surface area contributed by atoms with Gasteiger partial charge in [-0.1, -0.05) is 19.1 Å². The van der Waals surface area contributed by atoms with Crippen LogP contribution >= 0.6 is 0 Å². The first-order chi connectivity index (χ1) is 12.6. The van der Waals surface area contributed by atoms with Crippen molar-refractivity contribution < 1.29 is 13.9 Å². The Labute approximate surface area is 150 Å². The number of nitrogens with zero attached hydrogens (tertiary/aromatic N) is 1. The number of ether oxygens (including phenoxy) is 1. The average Bonchev–Trinajstić information content (AvgIpc) is 3.10. The number of anilines is 1. The van der Waals surface area contributed by atoms with Crippen LogP contribution in [0, 0.1) is 0 Å². The van der Waals surface area contributed by atoms with E-state index in [0.29, 0.717) is 41.6 Å². The second-order valence-corrected chi connectivity index (χ2v) is 5.67. The van der Waals surface area contributed by atoms with Gasteiger partial charge in [-0.3, -0.25) is 9.59 Å². The van der Waals surface area contributed by atoms with Gasteiger partial charge in [0.25, 0.3) is 11.5 Å². The maximum Gasteiger partial charge on any atom is 0.291 e. The van der Waals surface area contributed by atoms with Gasteiger partial charge in [-0.25, -0.2) is 4.98 Å². The number of rotatable bonds is 6. The number of carbonyl (C=O) groups is 1. The summed E-state index contributed by atoms with van der Waals surface area (Å²) in [6.45, 7) is 2.24. The summed E-state index contributed by atoms with van der Waals surface area (Å²) in [7, 11) is 1.56. The van der Waals surface area contributed by atoms with Gasteiger partial charge >= 0.3 is 0 Å². The van der Waals surface area contributed by atoms with Crippen LogP contribution in [0.2, 0.25) is 0 Å². The summed E-state index contributed by atoms with van der Waals surface area (Å²) in [5.41, 5.74) is 1.78. The number of aromatic nitrogens is 2. The summed E-state index contributed by atoms with van der Waals surface area (Å²) in [4.78, 5) is 31.2. The standard InChI is InChI=1S/C19H19N3O4/c1-3-13-10-17(23)22-18(20-13)12-5-4-6-14(9-12)21-19(24)16-8-7-15(26-16)11-25-2/h4-10H,3,11H2,1-2H3,(H,21,24)(H,20,22,23). The molecule has 7 nitrogen and oxygen atoms in total. The number of carbonyl (C=O) groups excluding carboxylic acids is 1. The lowest BCUT2D eigenvalue weighted by molar-refractivity contribution is 0.0987. The lowest BCUT2D eigenvalue weighted by Gasteiger charge is -2.07. The van der Waals surface area contributed by atoms with Crippen molar-refractivity contribution in [2.75, 3.05) is 12.4 Å². The van der Waals surface area contributed by atoms with E-state index in [1.165, 1.54) is 6.07 Å². The summed E-state index contributed by atoms with van der Waals surface area (Å²) in [6.07, 6.45) is 0.662. The molecule has 0 bridgehead atoms. The van der Waals surface area contributed by atoms with E-state index in [9.17, 15) is 9.59 Å². The molecule has 1 amide bonds. The number of furan rings is 1. The Balaban J connectivity index is 1.82. The van der Waals surface area contributed by atoms with Crippen LogP contribution in [0.4, 0.5) is 5.69 Å². The van der Waals surface area contributed by atoms with Crippen molar-refractivity contribution in [1.82, 2.24) is 9.97 Å². The Hall–Kier alpha value is -3.19. The smallest absolute Gasteiger partial charge is 0.291 e. The predicted molar refractivity (Wildman–Crippen MR) is 97.0 cm³/mol. The van der Waals surface area contributed by atoms with Crippen molar-refractivity contribution in [1.29, 1.82) is 0 Å². The van der Waals surface area contributed by atoms with E-state index >= 15 is 0 Å². The zero-order chi connectivity index (χ0) is 18.5. The summed E-state index contributed by atoms with van der Waals surface area (Å²) in [6, 6.07) is 11.9. The van der Waals surface area contributed by atoms with E-state index in [4.69, 9.17) is 9.15 Å². The zero-order valence-electron chi connectivity index (χ0n) is 14.5. The van der Waals surface area contributed by atoms with Gasteiger partial charge in [0.05, 0.1) is 0 Å². The van der Waals surface area contributed by atoms with Crippen LogP contribution < -0.4 is 10.9 Å². The maximum atomic E-state index is 12.3. The molecule has 0 saturated carbocycles. The highest BCUT2D eigenvalue weighted by Gasteiger charge is 2.12. The van der Waals surface area contributed by atoms with Gasteiger partial charge in [0, 0.05) is 30.1 Å². The van der Waals surface area contributed by atoms with Gasteiger partial charge in [0.1, 0.15) is 18.2 Å². The molecule has 0 unspecified atom stereocenters. The molecule has 0 aliphatic heterocycles. The number of amides is 1. The Morgan fingerprint density at radius 1 is 1.27 bits per heavy atom. The summed E-state index contributed by atoms with van der Waals surface area (Å²) >= 11 is 0. The van der Waals surface area contributed by atoms with Crippen LogP contribution in [0.1, 0.15) is 28.9 Å². The van der Waals surface area contributed by atoms with Crippen molar-refractivity contribution in [2.24, 2.45) is 0 Å². The lowest BCUT2D eigenvalue weighted by Crippen LogP contribution is -2.12. The first kappa shape index (κ1) is 17.6. The van der Waals surface area contributed by atoms with E-state index in [0.717, 1.165) is 0 Å². The van der Waals surface area contributed by atoms with Crippen LogP contribution in [-0.2, 0) is 17.8 Å². The predicted octanol–water partition coefficient (Wildman–Crippen LogP) is 2.99. The topological polar surface area (TPSA) is 97.2 Å². The monoisotopic (exact) mass is 353 g/mol. The van der Waals surface area contributed by atoms with Crippen molar-refractivity contribution in [2.45, 2.75) is 20.0 Å². The fourth-order valence-corrected chi connectivity index (χ4v) is 2.48. The second kappa shape index (κ2) is 7.79. The van der Waals surface area contributed by atoms with Gasteiger partial charge in [-0.2, -0.15) is 0 Å². The molecule has 26 heavy (non-hydrogen) atoms. The van der Waals surface area contributed by atoms with Crippen LogP contribution in [0.3, 0.4) is 0 Å². The van der Waals surface area contributed by atoms with E-state index < -0.39 is 0 Å². The molecule has 0 spiro atoms. The van der Waals surface area contributed by atoms with Gasteiger partial charge in [-0.15, -0.1) is 0 Å². The molecule has 0 aliphatic carbocycles. The Kier molecular flexibility index (Phi) is 5.28. The van der Waals surface area contributed by atoms with Gasteiger partial charge in [0.2, 0.25) is 0 Å². The number of benzene rings is 1. The highest BCUT2D eigenvalue weighted by molar-refractivity contribution is 6.02. The minimum Gasteiger partial charge on any atom is -0.453 e. The highest BCUT2D eigenvalue weighted by atomic mass is 16.5. The number of hydrogen-bond acceptors (Lipinski definition) is 5. The minimum absolute atomic E-state index is 0.196. The molecule has 7 heteroatoms. The molecule has 0 fully saturated rings. The molecule has 2 aromatic heterocycles. The molecule has 0 aliphatic rings. The zero-order valence-corrected chi connectivity index (χ0v) is 14.5. The number of hydrogen-bond donors (Lipinski definition) is 2. The summed E-state index contributed by atoms with van der Waals surface area (Å²) < 4.78 is 10.4. The third-order valence-corrected chi connectivity index (χ3v) is 3.72. The number of nitrogens with one attached hydrogen (secondary N) is 2. The lowest BCUT2D eigenvalue weighted by atomic mass is 10.1. The van der Waals surface area contributed by atoms with Crippen LogP contribution in [0.15, 0.2) is 51.7 Å². The van der Waals surface area contributed by atoms with E-state index in [-0.39, 0.29) is 17.2 Å². The fraction of sp³-hybridized carbons (Fsp3) is 0.211. The first-order valence-corrected chi connectivity index (χ1v) is 8.18. The summed E-state index contributed by atoms with van der Waals surface area (Å²) in [5, 5.41) is 2.77. The van der Waals surface area contributed by atoms with E-state index in [1.54, 1.807) is 37.4 Å². The van der Waals surface area contributed by atoms with Gasteiger partial charge in [0.15, 0.2) is 5.76 Å². The Morgan fingerprint density at radius 2 is 2.12 bits per heavy atom. The van der Waals surface area contributed by atoms with Crippen molar-refractivity contribution in [3.63, 3.8) is 0 Å². The molecule has 0 atom stereocenters. The quantitative estimate of drug-likeness (QED) is 0.710. The van der Waals surface area contributed by atoms with Gasteiger partial charge < -0.3 is 19.5 Å². The Morgan fingerprint density at radius 3 is 2.88 bits per heavy atom. The van der Waals surface area contributed by atoms with Crippen molar-refractivity contribution >= 4 is 11.6 Å². The van der Waals surface area contributed by atoms with Crippen LogP contribution in [0.5, 0.6) is 0 Å². The number of H-pyrrole nitrogens is 1. The SMILES string of the molecule is CCc1cc(=O)[nH]c(-c2cccc(NC(=O)c3ccc(COC)o3)c2)n1. The molecule has 1 aromatic carbocycles. The molecular formula is C19H19N3O4. The van der Waals surface area contributed by atoms with Crippen molar-refractivity contribution in [3.8, 4) is 11.4 Å². The molecule has 0 radical (unpaired) electrons. The highest BCUT2D eigenvalue weighted by Crippen LogP contribution is 2.20. The molecule has 0 saturated heterocycles. The molecular weight excluding hydrogens is 334 g/mol. The largest absolute Gasteiger partial charge is 0.453 e. The van der Waals surface area contributed by atoms with Gasteiger partial charge in [-0.05, 0) is 30.7 Å². The molecule has 2 heterocycles. The van der Waals surface area contributed by atoms with Crippen LogP contribution in [-0.4, -0.2) is 23.0 Å². The fourth-order valence-electron chi connectivity index (χ4n) is 2.48. The summed E-state index contributed by atoms with van der Waals surface area (Å²) in [5.74, 6) is 0.866. The average molecular weight is 353 g/mol. The third-order valence-electron chi connectivity index (χ3n) is 3.72. The van der Waals surface area contributed by atoms with E-state index in [1.807, 2.05) is 13.0 Å². The molecule has 3 aromatic rings. The Bertz CT molecular complexity index is 975. The normalized spacial score (nSPS) is 10.7. The van der Waals surface area contributed by atoms with Crippen LogP contribution in [0.25, 0.3) is 11.4 Å². The number of aryl methyl sites for hydroxylation is 1. The molecule has 134 valence electrons. The number of methoxy groups -OCH3 is 1. The third kappa shape index (κ3) is 4.07. The maximum absolute atomic E-state index is 12.3. The van der Waals surface area contributed by atoms with Crippen molar-refractivity contribution in [3.05, 3.63) is 70.0 Å². The molecule has 3 rings (SSSR count). The minimum atomic E-state index is -0.367.